The van der Waals surface area contributed by atoms with Crippen LogP contribution in [0.15, 0.2) is 24.3 Å². The standard InChI is InChI=1S/C15H19FN2O2/c1-12(9-10-17)18(2)15(19)8-5-11-20-14-7-4-3-6-13(14)16/h3-4,6-7,12H,5,8-9,11H2,1-2H3. The summed E-state index contributed by atoms with van der Waals surface area (Å²) in [5.74, 6) is -0.241. The van der Waals surface area contributed by atoms with Crippen molar-refractivity contribution < 1.29 is 13.9 Å². The van der Waals surface area contributed by atoms with Crippen molar-refractivity contribution in [3.05, 3.63) is 30.1 Å². The number of hydrogen-bond donors (Lipinski definition) is 0. The Morgan fingerprint density at radius 2 is 2.20 bits per heavy atom. The molecule has 0 saturated carbocycles. The van der Waals surface area contributed by atoms with Gasteiger partial charge in [0.15, 0.2) is 11.6 Å². The molecule has 20 heavy (non-hydrogen) atoms. The summed E-state index contributed by atoms with van der Waals surface area (Å²) in [6.07, 6.45) is 1.14. The van der Waals surface area contributed by atoms with E-state index in [0.29, 0.717) is 19.3 Å². The molecule has 0 heterocycles. The Labute approximate surface area is 118 Å². The first-order valence-corrected chi connectivity index (χ1v) is 6.56. The van der Waals surface area contributed by atoms with Crippen LogP contribution in [0, 0.1) is 17.1 Å². The maximum absolute atomic E-state index is 13.3. The summed E-state index contributed by atoms with van der Waals surface area (Å²) >= 11 is 0. The van der Waals surface area contributed by atoms with Crippen LogP contribution in [0.1, 0.15) is 26.2 Å². The van der Waals surface area contributed by atoms with Crippen molar-refractivity contribution in [1.82, 2.24) is 4.90 Å². The van der Waals surface area contributed by atoms with E-state index < -0.39 is 5.82 Å². The summed E-state index contributed by atoms with van der Waals surface area (Å²) in [7, 11) is 1.68. The Hall–Kier alpha value is -2.09. The molecule has 0 N–H and O–H groups in total. The van der Waals surface area contributed by atoms with Gasteiger partial charge in [-0.05, 0) is 25.5 Å². The van der Waals surface area contributed by atoms with E-state index in [9.17, 15) is 9.18 Å². The van der Waals surface area contributed by atoms with Crippen LogP contribution in [0.5, 0.6) is 5.75 Å². The van der Waals surface area contributed by atoms with E-state index in [4.69, 9.17) is 10.00 Å². The van der Waals surface area contributed by atoms with Crippen molar-refractivity contribution in [2.45, 2.75) is 32.2 Å². The molecular weight excluding hydrogens is 259 g/mol. The molecule has 5 heteroatoms. The van der Waals surface area contributed by atoms with Crippen molar-refractivity contribution in [3.63, 3.8) is 0 Å². The quantitative estimate of drug-likeness (QED) is 0.721. The minimum Gasteiger partial charge on any atom is -0.491 e. The molecule has 1 atom stereocenters. The van der Waals surface area contributed by atoms with E-state index in [1.165, 1.54) is 6.07 Å². The molecule has 108 valence electrons. The molecule has 0 aliphatic carbocycles. The van der Waals surface area contributed by atoms with Crippen LogP contribution in [-0.4, -0.2) is 30.5 Å². The number of carbonyl (C=O) groups excluding carboxylic acids is 1. The molecule has 1 amide bonds. The number of benzene rings is 1. The van der Waals surface area contributed by atoms with Crippen molar-refractivity contribution in [2.75, 3.05) is 13.7 Å². The predicted octanol–water partition coefficient (Wildman–Crippen LogP) is 2.75. The lowest BCUT2D eigenvalue weighted by molar-refractivity contribution is -0.131. The molecule has 0 saturated heterocycles. The van der Waals surface area contributed by atoms with Gasteiger partial charge in [0.05, 0.1) is 19.1 Å². The fourth-order valence-corrected chi connectivity index (χ4v) is 1.66. The first kappa shape index (κ1) is 16.0. The van der Waals surface area contributed by atoms with Crippen LogP contribution in [0.4, 0.5) is 4.39 Å². The fraction of sp³-hybridized carbons (Fsp3) is 0.467. The van der Waals surface area contributed by atoms with Gasteiger partial charge in [0.25, 0.3) is 0 Å². The van der Waals surface area contributed by atoms with Crippen LogP contribution in [0.25, 0.3) is 0 Å². The van der Waals surface area contributed by atoms with Crippen molar-refractivity contribution in [3.8, 4) is 11.8 Å². The second-order valence-corrected chi connectivity index (χ2v) is 4.60. The van der Waals surface area contributed by atoms with E-state index in [1.807, 2.05) is 13.0 Å². The molecule has 0 fully saturated rings. The Bertz CT molecular complexity index is 485. The van der Waals surface area contributed by atoms with Crippen LogP contribution in [-0.2, 0) is 4.79 Å². The second kappa shape index (κ2) is 8.16. The number of nitrogens with zero attached hydrogens (tertiary/aromatic N) is 2. The van der Waals surface area contributed by atoms with Gasteiger partial charge < -0.3 is 9.64 Å². The van der Waals surface area contributed by atoms with E-state index >= 15 is 0 Å². The van der Waals surface area contributed by atoms with Crippen LogP contribution in [0.2, 0.25) is 0 Å². The third-order valence-electron chi connectivity index (χ3n) is 3.07. The van der Waals surface area contributed by atoms with E-state index in [-0.39, 0.29) is 24.3 Å². The van der Waals surface area contributed by atoms with Crippen LogP contribution in [0.3, 0.4) is 0 Å². The van der Waals surface area contributed by atoms with Gasteiger partial charge in [-0.1, -0.05) is 12.1 Å². The molecule has 1 aromatic rings. The van der Waals surface area contributed by atoms with Gasteiger partial charge in [-0.2, -0.15) is 5.26 Å². The summed E-state index contributed by atoms with van der Waals surface area (Å²) in [4.78, 5) is 13.4. The zero-order valence-corrected chi connectivity index (χ0v) is 11.8. The number of para-hydroxylation sites is 1. The zero-order valence-electron chi connectivity index (χ0n) is 11.8. The smallest absolute Gasteiger partial charge is 0.222 e. The molecule has 4 nitrogen and oxygen atoms in total. The van der Waals surface area contributed by atoms with Gasteiger partial charge in [0, 0.05) is 19.5 Å². The van der Waals surface area contributed by atoms with Gasteiger partial charge >= 0.3 is 0 Å². The fourth-order valence-electron chi connectivity index (χ4n) is 1.66. The minimum atomic E-state index is -0.404. The van der Waals surface area contributed by atoms with Crippen molar-refractivity contribution in [2.24, 2.45) is 0 Å². The number of hydrogen-bond acceptors (Lipinski definition) is 3. The van der Waals surface area contributed by atoms with Crippen molar-refractivity contribution in [1.29, 1.82) is 5.26 Å². The number of nitriles is 1. The number of ether oxygens (including phenoxy) is 1. The Balaban J connectivity index is 2.29. The van der Waals surface area contributed by atoms with Crippen LogP contribution >= 0.6 is 0 Å². The molecule has 1 unspecified atom stereocenters. The van der Waals surface area contributed by atoms with Gasteiger partial charge in [0.1, 0.15) is 0 Å². The molecule has 0 radical (unpaired) electrons. The SMILES string of the molecule is CC(CC#N)N(C)C(=O)CCCOc1ccccc1F. The lowest BCUT2D eigenvalue weighted by atomic mass is 10.2. The molecule has 0 spiro atoms. The van der Waals surface area contributed by atoms with Gasteiger partial charge in [-0.15, -0.1) is 0 Å². The number of carbonyl (C=O) groups is 1. The first-order valence-electron chi connectivity index (χ1n) is 6.56. The summed E-state index contributed by atoms with van der Waals surface area (Å²) < 4.78 is 18.5. The van der Waals surface area contributed by atoms with Gasteiger partial charge in [-0.3, -0.25) is 4.79 Å². The summed E-state index contributed by atoms with van der Waals surface area (Å²) in [6.45, 7) is 2.12. The predicted molar refractivity (Wildman–Crippen MR) is 73.6 cm³/mol. The highest BCUT2D eigenvalue weighted by atomic mass is 19.1. The summed E-state index contributed by atoms with van der Waals surface area (Å²) in [5, 5.41) is 8.59. The van der Waals surface area contributed by atoms with E-state index in [0.717, 1.165) is 0 Å². The third kappa shape index (κ3) is 4.88. The Morgan fingerprint density at radius 3 is 2.85 bits per heavy atom. The lowest BCUT2D eigenvalue weighted by Gasteiger charge is -2.22. The maximum atomic E-state index is 13.3. The monoisotopic (exact) mass is 278 g/mol. The normalized spacial score (nSPS) is 11.5. The molecule has 1 aromatic carbocycles. The molecule has 0 aliphatic heterocycles. The van der Waals surface area contributed by atoms with Crippen molar-refractivity contribution >= 4 is 5.91 Å². The van der Waals surface area contributed by atoms with E-state index in [2.05, 4.69) is 0 Å². The lowest BCUT2D eigenvalue weighted by Crippen LogP contribution is -2.34. The molecule has 0 bridgehead atoms. The number of halogens is 1. The highest BCUT2D eigenvalue weighted by molar-refractivity contribution is 5.76. The van der Waals surface area contributed by atoms with E-state index in [1.54, 1.807) is 30.1 Å². The molecule has 1 rings (SSSR count). The average Bonchev–Trinajstić information content (AvgIpc) is 2.44. The third-order valence-corrected chi connectivity index (χ3v) is 3.07. The highest BCUT2D eigenvalue weighted by Crippen LogP contribution is 2.15. The van der Waals surface area contributed by atoms with Crippen LogP contribution < -0.4 is 4.74 Å². The second-order valence-electron chi connectivity index (χ2n) is 4.60. The largest absolute Gasteiger partial charge is 0.491 e. The topological polar surface area (TPSA) is 53.3 Å². The Kier molecular flexibility index (Phi) is 6.51. The molecule has 0 aromatic heterocycles. The highest BCUT2D eigenvalue weighted by Gasteiger charge is 2.14. The van der Waals surface area contributed by atoms with Gasteiger partial charge in [-0.25, -0.2) is 4.39 Å². The van der Waals surface area contributed by atoms with Gasteiger partial charge in [0.2, 0.25) is 5.91 Å². The zero-order chi connectivity index (χ0) is 15.0. The number of rotatable bonds is 7. The maximum Gasteiger partial charge on any atom is 0.222 e. The average molecular weight is 278 g/mol. The summed E-state index contributed by atoms with van der Waals surface area (Å²) in [5.41, 5.74) is 0. The molecule has 0 aliphatic rings. The summed E-state index contributed by atoms with van der Waals surface area (Å²) in [6, 6.07) is 8.12. The minimum absolute atomic E-state index is 0.0371. The number of amides is 1. The molecular formula is C15H19FN2O2. The first-order chi connectivity index (χ1) is 9.56. The Morgan fingerprint density at radius 1 is 1.50 bits per heavy atom.